The lowest BCUT2D eigenvalue weighted by Crippen LogP contribution is -2.45. The van der Waals surface area contributed by atoms with Gasteiger partial charge in [-0.25, -0.2) is 9.59 Å². The third-order valence-corrected chi connectivity index (χ3v) is 4.64. The molecule has 1 heterocycles. The highest BCUT2D eigenvalue weighted by Gasteiger charge is 2.30. The molecule has 1 saturated carbocycles. The number of rotatable bonds is 2. The zero-order valence-corrected chi connectivity index (χ0v) is 12.1. The molecule has 5 heteroatoms. The number of carboxylic acid groups (broad SMARTS) is 1. The van der Waals surface area contributed by atoms with Crippen LogP contribution in [0.5, 0.6) is 0 Å². The van der Waals surface area contributed by atoms with E-state index in [1.54, 1.807) is 17.0 Å². The summed E-state index contributed by atoms with van der Waals surface area (Å²) < 4.78 is 0. The van der Waals surface area contributed by atoms with Crippen LogP contribution in [-0.4, -0.2) is 29.7 Å². The monoisotopic (exact) mass is 288 g/mol. The molecule has 3 rings (SSSR count). The number of urea groups is 1. The van der Waals surface area contributed by atoms with Gasteiger partial charge in [0.05, 0.1) is 5.56 Å². The summed E-state index contributed by atoms with van der Waals surface area (Å²) >= 11 is 0. The summed E-state index contributed by atoms with van der Waals surface area (Å²) in [7, 11) is 0. The van der Waals surface area contributed by atoms with Gasteiger partial charge in [0, 0.05) is 18.3 Å². The normalized spacial score (nSPS) is 24.0. The number of hydrogen-bond donors (Lipinski definition) is 2. The number of nitrogens with one attached hydrogen (secondary N) is 1. The van der Waals surface area contributed by atoms with Crippen molar-refractivity contribution in [2.45, 2.75) is 38.6 Å². The molecule has 1 aliphatic carbocycles. The van der Waals surface area contributed by atoms with E-state index < -0.39 is 5.97 Å². The Kier molecular flexibility index (Phi) is 3.57. The zero-order valence-electron chi connectivity index (χ0n) is 12.1. The Morgan fingerprint density at radius 1 is 1.33 bits per heavy atom. The molecule has 1 aliphatic heterocycles. The van der Waals surface area contributed by atoms with E-state index in [1.807, 2.05) is 6.07 Å². The van der Waals surface area contributed by atoms with Crippen LogP contribution in [0.25, 0.3) is 0 Å². The van der Waals surface area contributed by atoms with E-state index in [1.165, 1.54) is 0 Å². The molecule has 1 aromatic rings. The van der Waals surface area contributed by atoms with Crippen molar-refractivity contribution < 1.29 is 14.7 Å². The molecule has 112 valence electrons. The van der Waals surface area contributed by atoms with Crippen molar-refractivity contribution in [3.8, 4) is 0 Å². The van der Waals surface area contributed by atoms with E-state index in [9.17, 15) is 9.59 Å². The molecular weight excluding hydrogens is 268 g/mol. The summed E-state index contributed by atoms with van der Waals surface area (Å²) in [5.74, 6) is -0.448. The van der Waals surface area contributed by atoms with Gasteiger partial charge in [-0.15, -0.1) is 0 Å². The Morgan fingerprint density at radius 3 is 2.81 bits per heavy atom. The SMILES string of the molecule is CC1CCCC1NC(=O)N1CCc2ccc(C(=O)O)cc21. The maximum atomic E-state index is 12.5. The number of fused-ring (bicyclic) bond motifs is 1. The molecule has 0 bridgehead atoms. The molecule has 2 amide bonds. The minimum atomic E-state index is -0.963. The van der Waals surface area contributed by atoms with Crippen molar-refractivity contribution in [3.63, 3.8) is 0 Å². The highest BCUT2D eigenvalue weighted by molar-refractivity contribution is 5.97. The quantitative estimate of drug-likeness (QED) is 0.879. The Labute approximate surface area is 123 Å². The average molecular weight is 288 g/mol. The molecule has 2 N–H and O–H groups in total. The van der Waals surface area contributed by atoms with Gasteiger partial charge in [-0.05, 0) is 42.9 Å². The molecule has 5 nitrogen and oxygen atoms in total. The first-order chi connectivity index (χ1) is 10.1. The van der Waals surface area contributed by atoms with Gasteiger partial charge in [-0.1, -0.05) is 19.4 Å². The van der Waals surface area contributed by atoms with Gasteiger partial charge in [-0.3, -0.25) is 4.90 Å². The second kappa shape index (κ2) is 5.39. The molecule has 2 atom stereocenters. The number of nitrogens with zero attached hydrogens (tertiary/aromatic N) is 1. The van der Waals surface area contributed by atoms with Crippen LogP contribution in [0.4, 0.5) is 10.5 Å². The topological polar surface area (TPSA) is 69.6 Å². The predicted octanol–water partition coefficient (Wildman–Crippen LogP) is 2.65. The van der Waals surface area contributed by atoms with Crippen molar-refractivity contribution in [2.75, 3.05) is 11.4 Å². The van der Waals surface area contributed by atoms with Crippen LogP contribution in [0.2, 0.25) is 0 Å². The number of amides is 2. The summed E-state index contributed by atoms with van der Waals surface area (Å²) in [5.41, 5.74) is 2.00. The number of hydrogen-bond acceptors (Lipinski definition) is 2. The van der Waals surface area contributed by atoms with Crippen LogP contribution in [-0.2, 0) is 6.42 Å². The molecule has 0 saturated heterocycles. The van der Waals surface area contributed by atoms with Crippen LogP contribution in [0.15, 0.2) is 18.2 Å². The van der Waals surface area contributed by atoms with Gasteiger partial charge in [0.15, 0.2) is 0 Å². The lowest BCUT2D eigenvalue weighted by Gasteiger charge is -2.23. The Balaban J connectivity index is 1.78. The number of carbonyl (C=O) groups excluding carboxylic acids is 1. The Morgan fingerprint density at radius 2 is 2.14 bits per heavy atom. The second-order valence-electron chi connectivity index (χ2n) is 6.01. The van der Waals surface area contributed by atoms with Gasteiger partial charge in [0.1, 0.15) is 0 Å². The minimum absolute atomic E-state index is 0.102. The van der Waals surface area contributed by atoms with Crippen LogP contribution < -0.4 is 10.2 Å². The van der Waals surface area contributed by atoms with Gasteiger partial charge >= 0.3 is 12.0 Å². The third-order valence-electron chi connectivity index (χ3n) is 4.64. The summed E-state index contributed by atoms with van der Waals surface area (Å²) in [6.45, 7) is 2.78. The first-order valence-electron chi connectivity index (χ1n) is 7.50. The first kappa shape index (κ1) is 13.9. The number of benzene rings is 1. The number of carbonyl (C=O) groups is 2. The highest BCUT2D eigenvalue weighted by Crippen LogP contribution is 2.30. The maximum Gasteiger partial charge on any atom is 0.335 e. The second-order valence-corrected chi connectivity index (χ2v) is 6.01. The van der Waals surface area contributed by atoms with Gasteiger partial charge < -0.3 is 10.4 Å². The van der Waals surface area contributed by atoms with E-state index in [-0.39, 0.29) is 17.6 Å². The summed E-state index contributed by atoms with van der Waals surface area (Å²) in [4.78, 5) is 25.2. The number of carboxylic acids is 1. The van der Waals surface area contributed by atoms with Crippen molar-refractivity contribution in [2.24, 2.45) is 5.92 Å². The molecule has 2 unspecified atom stereocenters. The lowest BCUT2D eigenvalue weighted by atomic mass is 10.1. The fourth-order valence-electron chi connectivity index (χ4n) is 3.32. The maximum absolute atomic E-state index is 12.5. The van der Waals surface area contributed by atoms with Crippen LogP contribution in [0.3, 0.4) is 0 Å². The minimum Gasteiger partial charge on any atom is -0.478 e. The number of aromatic carboxylic acids is 1. The molecule has 1 fully saturated rings. The first-order valence-corrected chi connectivity index (χ1v) is 7.50. The van der Waals surface area contributed by atoms with Gasteiger partial charge in [0.2, 0.25) is 0 Å². The highest BCUT2D eigenvalue weighted by atomic mass is 16.4. The smallest absolute Gasteiger partial charge is 0.335 e. The fraction of sp³-hybridized carbons (Fsp3) is 0.500. The van der Waals surface area contributed by atoms with E-state index in [4.69, 9.17) is 5.11 Å². The Bertz CT molecular complexity index is 585. The molecule has 0 aromatic heterocycles. The average Bonchev–Trinajstić information content (AvgIpc) is 3.04. The molecule has 0 spiro atoms. The fourth-order valence-corrected chi connectivity index (χ4v) is 3.32. The van der Waals surface area contributed by atoms with E-state index >= 15 is 0 Å². The molecular formula is C16H20N2O3. The lowest BCUT2D eigenvalue weighted by molar-refractivity contribution is 0.0697. The number of anilines is 1. The van der Waals surface area contributed by atoms with E-state index in [2.05, 4.69) is 12.2 Å². The molecule has 2 aliphatic rings. The largest absolute Gasteiger partial charge is 0.478 e. The van der Waals surface area contributed by atoms with Gasteiger partial charge in [-0.2, -0.15) is 0 Å². The Hall–Kier alpha value is -2.04. The van der Waals surface area contributed by atoms with E-state index in [0.29, 0.717) is 12.5 Å². The van der Waals surface area contributed by atoms with E-state index in [0.717, 1.165) is 36.9 Å². The van der Waals surface area contributed by atoms with Crippen LogP contribution in [0, 0.1) is 5.92 Å². The van der Waals surface area contributed by atoms with Crippen molar-refractivity contribution in [1.82, 2.24) is 5.32 Å². The van der Waals surface area contributed by atoms with Crippen LogP contribution in [0.1, 0.15) is 42.1 Å². The zero-order chi connectivity index (χ0) is 15.0. The standard InChI is InChI=1S/C16H20N2O3/c1-10-3-2-4-13(10)17-16(21)18-8-7-11-5-6-12(15(19)20)9-14(11)18/h5-6,9-10,13H,2-4,7-8H2,1H3,(H,17,21)(H,19,20). The van der Waals surface area contributed by atoms with Crippen molar-refractivity contribution in [3.05, 3.63) is 29.3 Å². The summed E-state index contributed by atoms with van der Waals surface area (Å²) in [5, 5.41) is 12.2. The predicted molar refractivity (Wildman–Crippen MR) is 79.8 cm³/mol. The van der Waals surface area contributed by atoms with Gasteiger partial charge in [0.25, 0.3) is 0 Å². The van der Waals surface area contributed by atoms with Crippen molar-refractivity contribution in [1.29, 1.82) is 0 Å². The van der Waals surface area contributed by atoms with Crippen LogP contribution >= 0.6 is 0 Å². The molecule has 0 radical (unpaired) electrons. The third kappa shape index (κ3) is 2.60. The molecule has 21 heavy (non-hydrogen) atoms. The summed E-state index contributed by atoms with van der Waals surface area (Å²) in [6.07, 6.45) is 4.13. The summed E-state index contributed by atoms with van der Waals surface area (Å²) in [6, 6.07) is 5.15. The van der Waals surface area contributed by atoms with Crippen molar-refractivity contribution >= 4 is 17.7 Å². The molecule has 1 aromatic carbocycles.